The van der Waals surface area contributed by atoms with Gasteiger partial charge in [-0.15, -0.1) is 0 Å². The summed E-state index contributed by atoms with van der Waals surface area (Å²) >= 11 is 8.42. The number of sulfone groups is 1. The molecule has 0 aliphatic carbocycles. The second kappa shape index (κ2) is 6.19. The summed E-state index contributed by atoms with van der Waals surface area (Å²) in [7, 11) is -2.84. The molecule has 1 fully saturated rings. The largest absolute Gasteiger partial charge is 0.432 e. The summed E-state index contributed by atoms with van der Waals surface area (Å²) in [5.41, 5.74) is 0. The Labute approximate surface area is 126 Å². The Kier molecular flexibility index (Phi) is 4.81. The SMILES string of the molecule is O=S1(=O)CCC(CNC(=S)Oc2cccc(Br)c2)C1. The number of nitrogens with one attached hydrogen (secondary N) is 1. The van der Waals surface area contributed by atoms with Gasteiger partial charge in [0.25, 0.3) is 5.17 Å². The van der Waals surface area contributed by atoms with E-state index >= 15 is 0 Å². The molecule has 1 aliphatic rings. The third kappa shape index (κ3) is 4.74. The van der Waals surface area contributed by atoms with E-state index in [1.165, 1.54) is 0 Å². The molecule has 0 saturated carbocycles. The van der Waals surface area contributed by atoms with Crippen LogP contribution in [-0.2, 0) is 9.84 Å². The van der Waals surface area contributed by atoms with Crippen molar-refractivity contribution in [1.82, 2.24) is 5.32 Å². The normalized spacial score (nSPS) is 21.0. The van der Waals surface area contributed by atoms with E-state index in [1.807, 2.05) is 18.2 Å². The smallest absolute Gasteiger partial charge is 0.262 e. The summed E-state index contributed by atoms with van der Waals surface area (Å²) in [6, 6.07) is 7.37. The Balaban J connectivity index is 1.79. The maximum absolute atomic E-state index is 11.3. The van der Waals surface area contributed by atoms with Gasteiger partial charge in [0.15, 0.2) is 9.84 Å². The zero-order valence-electron chi connectivity index (χ0n) is 10.1. The van der Waals surface area contributed by atoms with Crippen molar-refractivity contribution in [3.63, 3.8) is 0 Å². The van der Waals surface area contributed by atoms with Crippen molar-refractivity contribution >= 4 is 43.2 Å². The topological polar surface area (TPSA) is 55.4 Å². The van der Waals surface area contributed by atoms with Crippen molar-refractivity contribution in [3.05, 3.63) is 28.7 Å². The highest BCUT2D eigenvalue weighted by Crippen LogP contribution is 2.19. The lowest BCUT2D eigenvalue weighted by atomic mass is 10.1. The first kappa shape index (κ1) is 14.7. The van der Waals surface area contributed by atoms with Gasteiger partial charge in [0, 0.05) is 11.0 Å². The summed E-state index contributed by atoms with van der Waals surface area (Å²) < 4.78 is 29.0. The molecule has 0 aromatic heterocycles. The Bertz CT molecular complexity index is 574. The number of halogens is 1. The van der Waals surface area contributed by atoms with Gasteiger partial charge in [0.2, 0.25) is 0 Å². The minimum atomic E-state index is -2.84. The average molecular weight is 364 g/mol. The Morgan fingerprint density at radius 1 is 1.53 bits per heavy atom. The molecule has 2 rings (SSSR count). The molecular weight excluding hydrogens is 350 g/mol. The van der Waals surface area contributed by atoms with Crippen LogP contribution < -0.4 is 10.1 Å². The van der Waals surface area contributed by atoms with E-state index in [1.54, 1.807) is 6.07 Å². The number of rotatable bonds is 3. The number of thiocarbonyl (C=S) groups is 1. The molecule has 0 bridgehead atoms. The highest BCUT2D eigenvalue weighted by atomic mass is 79.9. The van der Waals surface area contributed by atoms with Crippen molar-refractivity contribution in [2.24, 2.45) is 5.92 Å². The third-order valence-corrected chi connectivity index (χ3v) is 5.43. The molecular formula is C12H14BrNO3S2. The summed E-state index contributed by atoms with van der Waals surface area (Å²) in [5, 5.41) is 3.23. The van der Waals surface area contributed by atoms with Crippen molar-refractivity contribution in [3.8, 4) is 5.75 Å². The molecule has 104 valence electrons. The standard InChI is InChI=1S/C12H14BrNO3S2/c13-10-2-1-3-11(6-10)17-12(18)14-7-9-4-5-19(15,16)8-9/h1-3,6,9H,4-5,7-8H2,(H,14,18). The number of hydrogen-bond donors (Lipinski definition) is 1. The van der Waals surface area contributed by atoms with Crippen LogP contribution in [0.25, 0.3) is 0 Å². The molecule has 4 nitrogen and oxygen atoms in total. The molecule has 0 spiro atoms. The van der Waals surface area contributed by atoms with E-state index in [-0.39, 0.29) is 22.6 Å². The van der Waals surface area contributed by atoms with E-state index in [0.717, 1.165) is 4.47 Å². The summed E-state index contributed by atoms with van der Waals surface area (Å²) in [5.74, 6) is 1.28. The van der Waals surface area contributed by atoms with Crippen LogP contribution in [0, 0.1) is 5.92 Å². The van der Waals surface area contributed by atoms with Crippen LogP contribution in [-0.4, -0.2) is 31.6 Å². The van der Waals surface area contributed by atoms with Crippen LogP contribution in [0.3, 0.4) is 0 Å². The van der Waals surface area contributed by atoms with Crippen LogP contribution in [0.4, 0.5) is 0 Å². The third-order valence-electron chi connectivity index (χ3n) is 2.87. The zero-order valence-corrected chi connectivity index (χ0v) is 13.4. The van der Waals surface area contributed by atoms with Crippen LogP contribution in [0.1, 0.15) is 6.42 Å². The molecule has 7 heteroatoms. The first-order chi connectivity index (χ1) is 8.94. The molecule has 1 heterocycles. The minimum Gasteiger partial charge on any atom is -0.432 e. The summed E-state index contributed by atoms with van der Waals surface area (Å²) in [4.78, 5) is 0. The highest BCUT2D eigenvalue weighted by molar-refractivity contribution is 9.10. The minimum absolute atomic E-state index is 0.119. The number of ether oxygens (including phenoxy) is 1. The van der Waals surface area contributed by atoms with E-state index in [9.17, 15) is 8.42 Å². The zero-order chi connectivity index (χ0) is 13.9. The van der Waals surface area contributed by atoms with Crippen LogP contribution in [0.15, 0.2) is 28.7 Å². The quantitative estimate of drug-likeness (QED) is 0.833. The average Bonchev–Trinajstić information content (AvgIpc) is 2.66. The molecule has 0 amide bonds. The maximum Gasteiger partial charge on any atom is 0.262 e. The predicted octanol–water partition coefficient (Wildman–Crippen LogP) is 2.14. The fourth-order valence-electron chi connectivity index (χ4n) is 1.93. The van der Waals surface area contributed by atoms with Crippen LogP contribution >= 0.6 is 28.1 Å². The molecule has 0 radical (unpaired) electrons. The summed E-state index contributed by atoms with van der Waals surface area (Å²) in [6.45, 7) is 0.534. The Morgan fingerprint density at radius 3 is 2.95 bits per heavy atom. The number of benzene rings is 1. The second-order valence-corrected chi connectivity index (χ2v) is 8.01. The van der Waals surface area contributed by atoms with E-state index in [0.29, 0.717) is 18.7 Å². The van der Waals surface area contributed by atoms with Crippen molar-refractivity contribution < 1.29 is 13.2 Å². The van der Waals surface area contributed by atoms with Gasteiger partial charge in [0.05, 0.1) is 11.5 Å². The fourth-order valence-corrected chi connectivity index (χ4v) is 4.35. The lowest BCUT2D eigenvalue weighted by molar-refractivity contribution is 0.502. The molecule has 1 atom stereocenters. The van der Waals surface area contributed by atoms with Gasteiger partial charge in [-0.05, 0) is 42.8 Å². The van der Waals surface area contributed by atoms with E-state index < -0.39 is 9.84 Å². The van der Waals surface area contributed by atoms with Crippen molar-refractivity contribution in [1.29, 1.82) is 0 Å². The molecule has 1 aromatic rings. The van der Waals surface area contributed by atoms with Gasteiger partial charge in [-0.3, -0.25) is 0 Å². The lowest BCUT2D eigenvalue weighted by Crippen LogP contribution is -2.31. The monoisotopic (exact) mass is 363 g/mol. The van der Waals surface area contributed by atoms with Crippen LogP contribution in [0.5, 0.6) is 5.75 Å². The van der Waals surface area contributed by atoms with E-state index in [2.05, 4.69) is 21.2 Å². The van der Waals surface area contributed by atoms with Gasteiger partial charge in [-0.2, -0.15) is 0 Å². The van der Waals surface area contributed by atoms with Gasteiger partial charge >= 0.3 is 0 Å². The Morgan fingerprint density at radius 2 is 2.32 bits per heavy atom. The van der Waals surface area contributed by atoms with Crippen molar-refractivity contribution in [2.45, 2.75) is 6.42 Å². The van der Waals surface area contributed by atoms with Gasteiger partial charge in [0.1, 0.15) is 5.75 Å². The molecule has 1 aliphatic heterocycles. The first-order valence-corrected chi connectivity index (χ1v) is 8.88. The Hall–Kier alpha value is -0.660. The first-order valence-electron chi connectivity index (χ1n) is 5.86. The summed E-state index contributed by atoms with van der Waals surface area (Å²) in [6.07, 6.45) is 0.689. The predicted molar refractivity (Wildman–Crippen MR) is 82.1 cm³/mol. The maximum atomic E-state index is 11.3. The van der Waals surface area contributed by atoms with Crippen molar-refractivity contribution in [2.75, 3.05) is 18.1 Å². The van der Waals surface area contributed by atoms with Gasteiger partial charge in [-0.1, -0.05) is 22.0 Å². The van der Waals surface area contributed by atoms with Gasteiger partial charge < -0.3 is 10.1 Å². The van der Waals surface area contributed by atoms with Gasteiger partial charge in [-0.25, -0.2) is 8.42 Å². The molecule has 1 unspecified atom stereocenters. The fraction of sp³-hybridized carbons (Fsp3) is 0.417. The van der Waals surface area contributed by atoms with E-state index in [4.69, 9.17) is 17.0 Å². The highest BCUT2D eigenvalue weighted by Gasteiger charge is 2.27. The molecule has 1 N–H and O–H groups in total. The number of hydrogen-bond acceptors (Lipinski definition) is 4. The second-order valence-electron chi connectivity index (χ2n) is 4.50. The molecule has 1 saturated heterocycles. The van der Waals surface area contributed by atoms with Crippen LogP contribution in [0.2, 0.25) is 0 Å². The molecule has 1 aromatic carbocycles. The molecule has 19 heavy (non-hydrogen) atoms. The lowest BCUT2D eigenvalue weighted by Gasteiger charge is -2.12.